The fourth-order valence-corrected chi connectivity index (χ4v) is 2.59. The number of azo groups is 1. The second-order valence-electron chi connectivity index (χ2n) is 5.59. The molecule has 0 aliphatic carbocycles. The first kappa shape index (κ1) is 19.3. The first-order chi connectivity index (χ1) is 13.4. The second-order valence-corrected chi connectivity index (χ2v) is 6.02. The third-order valence-electron chi connectivity index (χ3n) is 3.60. The molecule has 8 nitrogen and oxygen atoms in total. The van der Waals surface area contributed by atoms with Crippen LogP contribution in [0.2, 0.25) is 5.02 Å². The fourth-order valence-electron chi connectivity index (χ4n) is 2.36. The van der Waals surface area contributed by atoms with Gasteiger partial charge in [-0.3, -0.25) is 14.2 Å². The maximum absolute atomic E-state index is 13.3. The third-order valence-corrected chi connectivity index (χ3v) is 3.82. The number of aromatic nitrogens is 2. The monoisotopic (exact) mass is 405 g/mol. The number of hydrogen-bond donors (Lipinski definition) is 0. The Labute approximate surface area is 161 Å². The Morgan fingerprint density at radius 3 is 2.75 bits per heavy atom. The maximum Gasteiger partial charge on any atom is 0.296 e. The summed E-state index contributed by atoms with van der Waals surface area (Å²) in [5.74, 6) is -1.30. The zero-order chi connectivity index (χ0) is 20.3. The SMILES string of the molecule is N#Cc1cc(Cl)cc(Oc2c(C(F)F)ncn(CC3C=CC(=O)N=N3)c2=O)c1. The molecule has 1 amide bonds. The van der Waals surface area contributed by atoms with E-state index in [1.54, 1.807) is 0 Å². The summed E-state index contributed by atoms with van der Waals surface area (Å²) in [6.45, 7) is -0.0853. The van der Waals surface area contributed by atoms with E-state index in [1.165, 1.54) is 30.4 Å². The standard InChI is InChI=1S/C17H10ClF2N5O3/c18-10-3-9(6-21)4-12(5-10)28-15-14(16(19)20)22-8-25(17(15)27)7-11-1-2-13(26)24-23-11/h1-5,8,11,16H,7H2. The first-order valence-electron chi connectivity index (χ1n) is 7.76. The molecule has 1 aromatic heterocycles. The van der Waals surface area contributed by atoms with Gasteiger partial charge in [-0.25, -0.2) is 13.8 Å². The highest BCUT2D eigenvalue weighted by Gasteiger charge is 2.23. The van der Waals surface area contributed by atoms with Crippen molar-refractivity contribution < 1.29 is 18.3 Å². The van der Waals surface area contributed by atoms with Gasteiger partial charge in [0.1, 0.15) is 11.8 Å². The van der Waals surface area contributed by atoms with Gasteiger partial charge in [0.05, 0.1) is 24.5 Å². The predicted octanol–water partition coefficient (Wildman–Crippen LogP) is 3.42. The molecule has 1 aliphatic heterocycles. The van der Waals surface area contributed by atoms with E-state index in [1.807, 2.05) is 6.07 Å². The summed E-state index contributed by atoms with van der Waals surface area (Å²) < 4.78 is 33.0. The minimum absolute atomic E-state index is 0.0644. The van der Waals surface area contributed by atoms with Gasteiger partial charge in [-0.1, -0.05) is 17.7 Å². The van der Waals surface area contributed by atoms with Gasteiger partial charge >= 0.3 is 0 Å². The van der Waals surface area contributed by atoms with Crippen LogP contribution < -0.4 is 10.3 Å². The van der Waals surface area contributed by atoms with Gasteiger partial charge in [0, 0.05) is 11.1 Å². The van der Waals surface area contributed by atoms with E-state index in [0.29, 0.717) is 0 Å². The van der Waals surface area contributed by atoms with E-state index in [2.05, 4.69) is 15.2 Å². The van der Waals surface area contributed by atoms with Crippen LogP contribution in [0, 0.1) is 11.3 Å². The smallest absolute Gasteiger partial charge is 0.296 e. The average Bonchev–Trinajstić information content (AvgIpc) is 2.66. The van der Waals surface area contributed by atoms with Crippen molar-refractivity contribution in [2.24, 2.45) is 10.2 Å². The largest absolute Gasteiger partial charge is 0.449 e. The highest BCUT2D eigenvalue weighted by Crippen LogP contribution is 2.30. The minimum Gasteiger partial charge on any atom is -0.449 e. The minimum atomic E-state index is -3.07. The lowest BCUT2D eigenvalue weighted by atomic mass is 10.2. The van der Waals surface area contributed by atoms with Gasteiger partial charge in [0.2, 0.25) is 5.75 Å². The Kier molecular flexibility index (Phi) is 5.56. The number of ether oxygens (including phenoxy) is 1. The molecule has 1 aromatic carbocycles. The Morgan fingerprint density at radius 2 is 2.11 bits per heavy atom. The van der Waals surface area contributed by atoms with Gasteiger partial charge in [0.15, 0.2) is 5.69 Å². The summed E-state index contributed by atoms with van der Waals surface area (Å²) in [6.07, 6.45) is 0.490. The van der Waals surface area contributed by atoms with Crippen LogP contribution in [0.25, 0.3) is 0 Å². The van der Waals surface area contributed by atoms with Crippen LogP contribution >= 0.6 is 11.6 Å². The Hall–Kier alpha value is -3.45. The first-order valence-corrected chi connectivity index (χ1v) is 8.14. The quantitative estimate of drug-likeness (QED) is 0.757. The second kappa shape index (κ2) is 8.06. The fraction of sp³-hybridized carbons (Fsp3) is 0.176. The zero-order valence-corrected chi connectivity index (χ0v) is 14.7. The number of carbonyl (C=O) groups is 1. The summed E-state index contributed by atoms with van der Waals surface area (Å²) in [5, 5.41) is 16.2. The molecular weight excluding hydrogens is 396 g/mol. The van der Waals surface area contributed by atoms with Crippen LogP contribution in [0.5, 0.6) is 11.5 Å². The highest BCUT2D eigenvalue weighted by atomic mass is 35.5. The lowest BCUT2D eigenvalue weighted by Gasteiger charge is -2.15. The van der Waals surface area contributed by atoms with Crippen LogP contribution in [0.4, 0.5) is 8.78 Å². The van der Waals surface area contributed by atoms with Crippen LogP contribution in [-0.4, -0.2) is 21.5 Å². The summed E-state index contributed by atoms with van der Waals surface area (Å²) in [6, 6.07) is 5.09. The number of benzene rings is 1. The molecular formula is C17H10ClF2N5O3. The van der Waals surface area contributed by atoms with Gasteiger partial charge in [-0.15, -0.1) is 5.11 Å². The van der Waals surface area contributed by atoms with Crippen molar-refractivity contribution in [1.82, 2.24) is 9.55 Å². The molecule has 2 heterocycles. The van der Waals surface area contributed by atoms with Crippen molar-refractivity contribution in [2.45, 2.75) is 19.0 Å². The van der Waals surface area contributed by atoms with Gasteiger partial charge in [-0.05, 0) is 18.2 Å². The van der Waals surface area contributed by atoms with Crippen molar-refractivity contribution in [3.63, 3.8) is 0 Å². The molecule has 1 unspecified atom stereocenters. The number of alkyl halides is 2. The summed E-state index contributed by atoms with van der Waals surface area (Å²) >= 11 is 5.87. The summed E-state index contributed by atoms with van der Waals surface area (Å²) in [4.78, 5) is 27.3. The average molecular weight is 406 g/mol. The van der Waals surface area contributed by atoms with Crippen molar-refractivity contribution in [1.29, 1.82) is 5.26 Å². The summed E-state index contributed by atoms with van der Waals surface area (Å²) in [5.41, 5.74) is -1.61. The molecule has 0 N–H and O–H groups in total. The molecule has 0 saturated carbocycles. The Balaban J connectivity index is 1.99. The molecule has 1 aliphatic rings. The van der Waals surface area contributed by atoms with Gasteiger partial charge in [-0.2, -0.15) is 10.4 Å². The predicted molar refractivity (Wildman–Crippen MR) is 92.5 cm³/mol. The lowest BCUT2D eigenvalue weighted by Crippen LogP contribution is -2.28. The van der Waals surface area contributed by atoms with Crippen LogP contribution in [0.15, 0.2) is 51.7 Å². The van der Waals surface area contributed by atoms with E-state index in [-0.39, 0.29) is 22.9 Å². The van der Waals surface area contributed by atoms with E-state index in [4.69, 9.17) is 21.6 Å². The number of halogens is 3. The van der Waals surface area contributed by atoms with E-state index in [0.717, 1.165) is 10.9 Å². The maximum atomic E-state index is 13.3. The highest BCUT2D eigenvalue weighted by molar-refractivity contribution is 6.30. The molecule has 0 saturated heterocycles. The van der Waals surface area contributed by atoms with Crippen LogP contribution in [0.3, 0.4) is 0 Å². The number of nitriles is 1. The molecule has 0 radical (unpaired) electrons. The van der Waals surface area contributed by atoms with Crippen LogP contribution in [-0.2, 0) is 11.3 Å². The number of hydrogen-bond acceptors (Lipinski definition) is 6. The number of amides is 1. The topological polar surface area (TPSA) is 110 Å². The summed E-state index contributed by atoms with van der Waals surface area (Å²) in [7, 11) is 0. The van der Waals surface area contributed by atoms with Crippen LogP contribution in [0.1, 0.15) is 17.7 Å². The molecule has 3 rings (SSSR count). The Bertz CT molecular complexity index is 1080. The van der Waals surface area contributed by atoms with Gasteiger partial charge < -0.3 is 4.74 Å². The number of carbonyl (C=O) groups excluding carboxylic acids is 1. The van der Waals surface area contributed by atoms with Gasteiger partial charge in [0.25, 0.3) is 17.9 Å². The molecule has 0 fully saturated rings. The lowest BCUT2D eigenvalue weighted by molar-refractivity contribution is -0.114. The van der Waals surface area contributed by atoms with Crippen molar-refractivity contribution >= 4 is 17.5 Å². The van der Waals surface area contributed by atoms with Crippen molar-refractivity contribution in [2.75, 3.05) is 0 Å². The number of nitrogens with zero attached hydrogens (tertiary/aromatic N) is 5. The third kappa shape index (κ3) is 4.27. The molecule has 142 valence electrons. The van der Waals surface area contributed by atoms with Crippen molar-refractivity contribution in [3.05, 3.63) is 63.3 Å². The molecule has 28 heavy (non-hydrogen) atoms. The molecule has 0 spiro atoms. The van der Waals surface area contributed by atoms with E-state index >= 15 is 0 Å². The molecule has 1 atom stereocenters. The molecule has 0 bridgehead atoms. The van der Waals surface area contributed by atoms with E-state index in [9.17, 15) is 18.4 Å². The zero-order valence-electron chi connectivity index (χ0n) is 13.9. The Morgan fingerprint density at radius 1 is 1.32 bits per heavy atom. The van der Waals surface area contributed by atoms with E-state index < -0.39 is 35.4 Å². The number of rotatable bonds is 5. The van der Waals surface area contributed by atoms with Crippen molar-refractivity contribution in [3.8, 4) is 17.6 Å². The molecule has 2 aromatic rings. The normalized spacial score (nSPS) is 15.7. The molecule has 11 heteroatoms.